The van der Waals surface area contributed by atoms with Crippen molar-refractivity contribution in [2.45, 2.75) is 20.3 Å². The van der Waals surface area contributed by atoms with Gasteiger partial charge in [-0.3, -0.25) is 0 Å². The lowest BCUT2D eigenvalue weighted by molar-refractivity contribution is 0.318. The van der Waals surface area contributed by atoms with Crippen molar-refractivity contribution < 1.29 is 4.74 Å². The molecule has 0 amide bonds. The van der Waals surface area contributed by atoms with Crippen molar-refractivity contribution in [1.29, 1.82) is 0 Å². The summed E-state index contributed by atoms with van der Waals surface area (Å²) in [6.07, 6.45) is 0.966. The fraction of sp³-hybridized carbons (Fsp3) is 0.231. The lowest BCUT2D eigenvalue weighted by Crippen LogP contribution is -2.15. The molecule has 3 aromatic carbocycles. The first-order chi connectivity index (χ1) is 13.7. The molecule has 0 spiro atoms. The molecule has 0 aliphatic heterocycles. The number of likely N-dealkylation sites (N-methyl/N-ethyl adjacent to an activating group) is 1. The zero-order valence-corrected chi connectivity index (χ0v) is 17.0. The molecule has 0 aliphatic carbocycles. The van der Waals surface area contributed by atoms with Gasteiger partial charge in [-0.15, -0.1) is 0 Å². The monoisotopic (exact) mass is 371 g/mol. The first-order valence-corrected chi connectivity index (χ1v) is 9.96. The highest BCUT2D eigenvalue weighted by atomic mass is 16.5. The van der Waals surface area contributed by atoms with Gasteiger partial charge in [-0.2, -0.15) is 0 Å². The number of allylic oxidation sites excluding steroid dienone is 1. The van der Waals surface area contributed by atoms with Crippen molar-refractivity contribution in [3.8, 4) is 5.75 Å². The van der Waals surface area contributed by atoms with Crippen LogP contribution in [0.25, 0.3) is 11.1 Å². The fourth-order valence-electron chi connectivity index (χ4n) is 3.39. The number of benzene rings is 3. The van der Waals surface area contributed by atoms with E-state index in [9.17, 15) is 0 Å². The van der Waals surface area contributed by atoms with Crippen LogP contribution in [-0.2, 0) is 0 Å². The molecule has 0 unspecified atom stereocenters. The summed E-state index contributed by atoms with van der Waals surface area (Å²) in [5, 5.41) is 3.10. The van der Waals surface area contributed by atoms with E-state index in [-0.39, 0.29) is 0 Å². The van der Waals surface area contributed by atoms with Crippen molar-refractivity contribution >= 4 is 11.1 Å². The Bertz CT molecular complexity index is 893. The van der Waals surface area contributed by atoms with Gasteiger partial charge < -0.3 is 10.1 Å². The van der Waals surface area contributed by atoms with Crippen LogP contribution in [0.5, 0.6) is 5.75 Å². The summed E-state index contributed by atoms with van der Waals surface area (Å²) in [4.78, 5) is 0. The molecule has 3 rings (SSSR count). The molecule has 0 saturated carbocycles. The van der Waals surface area contributed by atoms with Gasteiger partial charge in [0.15, 0.2) is 0 Å². The fourth-order valence-corrected chi connectivity index (χ4v) is 3.39. The number of ether oxygens (including phenoxy) is 1. The Morgan fingerprint density at radius 2 is 1.39 bits per heavy atom. The van der Waals surface area contributed by atoms with E-state index in [1.54, 1.807) is 0 Å². The van der Waals surface area contributed by atoms with Gasteiger partial charge in [0, 0.05) is 6.54 Å². The largest absolute Gasteiger partial charge is 0.492 e. The summed E-state index contributed by atoms with van der Waals surface area (Å²) in [6, 6.07) is 28.0. The Labute approximate surface area is 168 Å². The van der Waals surface area contributed by atoms with Crippen molar-refractivity contribution in [2.24, 2.45) is 0 Å². The molecule has 0 saturated heterocycles. The van der Waals surface area contributed by atoms with Crippen LogP contribution < -0.4 is 10.1 Å². The van der Waals surface area contributed by atoms with E-state index in [2.05, 4.69) is 98.0 Å². The van der Waals surface area contributed by atoms with Crippen molar-refractivity contribution in [3.05, 3.63) is 101 Å². The van der Waals surface area contributed by atoms with Gasteiger partial charge in [0.2, 0.25) is 0 Å². The van der Waals surface area contributed by atoms with Gasteiger partial charge in [0.05, 0.1) is 0 Å². The summed E-state index contributed by atoms with van der Waals surface area (Å²) < 4.78 is 5.80. The standard InChI is InChI=1S/C26H29NO/c1-4-25(21-8-6-5-7-9-21)26(22-12-10-20(2)11-13-22)23-14-16-24(17-15-23)28-19-18-27-3/h5-17,27H,4,18-19H2,1-3H3/b26-25-. The molecule has 144 valence electrons. The molecule has 0 aromatic heterocycles. The molecule has 0 aliphatic rings. The number of aryl methyl sites for hydroxylation is 1. The molecule has 0 atom stereocenters. The second kappa shape index (κ2) is 9.91. The third-order valence-electron chi connectivity index (χ3n) is 4.88. The SMILES string of the molecule is CC/C(=C(\c1ccc(C)cc1)c1ccc(OCCNC)cc1)c1ccccc1. The maximum atomic E-state index is 5.80. The molecule has 0 heterocycles. The Kier molecular flexibility index (Phi) is 7.05. The van der Waals surface area contributed by atoms with Gasteiger partial charge in [0.25, 0.3) is 0 Å². The number of hydrogen-bond donors (Lipinski definition) is 1. The van der Waals surface area contributed by atoms with Crippen LogP contribution in [0.1, 0.15) is 35.6 Å². The van der Waals surface area contributed by atoms with E-state index in [0.29, 0.717) is 6.61 Å². The molecule has 28 heavy (non-hydrogen) atoms. The lowest BCUT2D eigenvalue weighted by atomic mass is 9.88. The zero-order valence-electron chi connectivity index (χ0n) is 17.0. The van der Waals surface area contributed by atoms with E-state index in [0.717, 1.165) is 18.7 Å². The second-order valence-electron chi connectivity index (χ2n) is 6.92. The third-order valence-corrected chi connectivity index (χ3v) is 4.88. The van der Waals surface area contributed by atoms with Crippen LogP contribution in [0.3, 0.4) is 0 Å². The van der Waals surface area contributed by atoms with Gasteiger partial charge in [-0.25, -0.2) is 0 Å². The van der Waals surface area contributed by atoms with Crippen LogP contribution in [0.4, 0.5) is 0 Å². The van der Waals surface area contributed by atoms with E-state index < -0.39 is 0 Å². The van der Waals surface area contributed by atoms with Crippen LogP contribution >= 0.6 is 0 Å². The number of hydrogen-bond acceptors (Lipinski definition) is 2. The van der Waals surface area contributed by atoms with E-state index >= 15 is 0 Å². The Morgan fingerprint density at radius 1 is 0.786 bits per heavy atom. The smallest absolute Gasteiger partial charge is 0.119 e. The second-order valence-corrected chi connectivity index (χ2v) is 6.92. The number of rotatable bonds is 8. The highest BCUT2D eigenvalue weighted by Gasteiger charge is 2.13. The van der Waals surface area contributed by atoms with Crippen molar-refractivity contribution in [2.75, 3.05) is 20.2 Å². The van der Waals surface area contributed by atoms with Crippen LogP contribution in [0, 0.1) is 6.92 Å². The van der Waals surface area contributed by atoms with Gasteiger partial charge in [-0.05, 0) is 60.4 Å². The summed E-state index contributed by atoms with van der Waals surface area (Å²) in [5.74, 6) is 0.903. The van der Waals surface area contributed by atoms with Crippen LogP contribution in [0.15, 0.2) is 78.9 Å². The molecule has 0 bridgehead atoms. The first-order valence-electron chi connectivity index (χ1n) is 9.96. The molecule has 1 N–H and O–H groups in total. The predicted molar refractivity (Wildman–Crippen MR) is 120 cm³/mol. The summed E-state index contributed by atoms with van der Waals surface area (Å²) >= 11 is 0. The van der Waals surface area contributed by atoms with Crippen molar-refractivity contribution in [1.82, 2.24) is 5.32 Å². The molecular formula is C26H29NO. The molecule has 0 radical (unpaired) electrons. The van der Waals surface area contributed by atoms with Gasteiger partial charge in [0.1, 0.15) is 12.4 Å². The lowest BCUT2D eigenvalue weighted by Gasteiger charge is -2.17. The Morgan fingerprint density at radius 3 is 1.96 bits per heavy atom. The quantitative estimate of drug-likeness (QED) is 0.389. The molecule has 3 aromatic rings. The minimum Gasteiger partial charge on any atom is -0.492 e. The van der Waals surface area contributed by atoms with Crippen LogP contribution in [-0.4, -0.2) is 20.2 Å². The zero-order chi connectivity index (χ0) is 19.8. The average Bonchev–Trinajstić information content (AvgIpc) is 2.74. The predicted octanol–water partition coefficient (Wildman–Crippen LogP) is 5.96. The first kappa shape index (κ1) is 19.9. The van der Waals surface area contributed by atoms with Crippen LogP contribution in [0.2, 0.25) is 0 Å². The van der Waals surface area contributed by atoms with E-state index in [1.165, 1.54) is 33.4 Å². The third kappa shape index (κ3) is 4.90. The summed E-state index contributed by atoms with van der Waals surface area (Å²) in [5.41, 5.74) is 7.65. The van der Waals surface area contributed by atoms with Gasteiger partial charge in [-0.1, -0.05) is 79.2 Å². The van der Waals surface area contributed by atoms with Crippen molar-refractivity contribution in [3.63, 3.8) is 0 Å². The molecule has 2 heteroatoms. The molecule has 2 nitrogen and oxygen atoms in total. The maximum absolute atomic E-state index is 5.80. The van der Waals surface area contributed by atoms with E-state index in [1.807, 2.05) is 7.05 Å². The summed E-state index contributed by atoms with van der Waals surface area (Å²) in [6.45, 7) is 5.86. The average molecular weight is 372 g/mol. The number of nitrogens with one attached hydrogen (secondary N) is 1. The van der Waals surface area contributed by atoms with E-state index in [4.69, 9.17) is 4.74 Å². The highest BCUT2D eigenvalue weighted by molar-refractivity contribution is 5.98. The maximum Gasteiger partial charge on any atom is 0.119 e. The normalized spacial score (nSPS) is 11.8. The molecule has 0 fully saturated rings. The minimum absolute atomic E-state index is 0.667. The Hall–Kier alpha value is -2.84. The summed E-state index contributed by atoms with van der Waals surface area (Å²) in [7, 11) is 1.93. The topological polar surface area (TPSA) is 21.3 Å². The highest BCUT2D eigenvalue weighted by Crippen LogP contribution is 2.35. The minimum atomic E-state index is 0.667. The molecular weight excluding hydrogens is 342 g/mol. The van der Waals surface area contributed by atoms with Gasteiger partial charge >= 0.3 is 0 Å². The Balaban J connectivity index is 2.06.